The molecule has 0 saturated carbocycles. The zero-order valence-corrected chi connectivity index (χ0v) is 15.4. The van der Waals surface area contributed by atoms with Gasteiger partial charge in [-0.3, -0.25) is 0 Å². The van der Waals surface area contributed by atoms with E-state index >= 15 is 0 Å². The van der Waals surface area contributed by atoms with Crippen LogP contribution >= 0.6 is 15.9 Å². The monoisotopic (exact) mass is 397 g/mol. The molecule has 126 valence electrons. The molecule has 2 heterocycles. The standard InChI is InChI=1S/C20H17BrFN3/c1-14-19(12-24-9-8-23-13-24)18-10-16(21)4-7-20(18)25(14)11-15-2-5-17(22)6-3-15/h2-10,13H,11-12H2,1H3. The van der Waals surface area contributed by atoms with Crippen LogP contribution in [0.1, 0.15) is 16.8 Å². The van der Waals surface area contributed by atoms with E-state index in [1.165, 1.54) is 34.3 Å². The maximum atomic E-state index is 13.2. The Kier molecular flexibility index (Phi) is 4.17. The second-order valence-corrected chi connectivity index (χ2v) is 7.09. The molecule has 2 aromatic heterocycles. The number of aromatic nitrogens is 3. The van der Waals surface area contributed by atoms with E-state index in [0.717, 1.165) is 16.6 Å². The van der Waals surface area contributed by atoms with Crippen molar-refractivity contribution >= 4 is 26.8 Å². The van der Waals surface area contributed by atoms with E-state index in [4.69, 9.17) is 0 Å². The lowest BCUT2D eigenvalue weighted by atomic mass is 10.1. The first-order valence-electron chi connectivity index (χ1n) is 8.09. The van der Waals surface area contributed by atoms with Crippen LogP contribution in [0.25, 0.3) is 10.9 Å². The number of imidazole rings is 1. The summed E-state index contributed by atoms with van der Waals surface area (Å²) in [6, 6.07) is 13.1. The molecule has 0 atom stereocenters. The fourth-order valence-electron chi connectivity index (χ4n) is 3.26. The molecule has 0 aliphatic carbocycles. The van der Waals surface area contributed by atoms with Crippen molar-refractivity contribution in [1.29, 1.82) is 0 Å². The summed E-state index contributed by atoms with van der Waals surface area (Å²) in [7, 11) is 0. The predicted octanol–water partition coefficient (Wildman–Crippen LogP) is 5.14. The van der Waals surface area contributed by atoms with Crippen molar-refractivity contribution in [2.75, 3.05) is 0 Å². The Morgan fingerprint density at radius 2 is 1.88 bits per heavy atom. The third-order valence-corrected chi connectivity index (χ3v) is 5.06. The highest BCUT2D eigenvalue weighted by Gasteiger charge is 2.15. The molecule has 4 aromatic rings. The van der Waals surface area contributed by atoms with Gasteiger partial charge in [0.1, 0.15) is 5.82 Å². The molecule has 0 saturated heterocycles. The Morgan fingerprint density at radius 3 is 2.60 bits per heavy atom. The summed E-state index contributed by atoms with van der Waals surface area (Å²) in [5.74, 6) is -0.206. The Bertz CT molecular complexity index is 1020. The fraction of sp³-hybridized carbons (Fsp3) is 0.150. The van der Waals surface area contributed by atoms with Gasteiger partial charge in [-0.15, -0.1) is 0 Å². The first-order valence-corrected chi connectivity index (χ1v) is 8.88. The largest absolute Gasteiger partial charge is 0.340 e. The van der Waals surface area contributed by atoms with Gasteiger partial charge in [0.2, 0.25) is 0 Å². The van der Waals surface area contributed by atoms with Crippen molar-refractivity contribution in [2.24, 2.45) is 0 Å². The number of halogens is 2. The topological polar surface area (TPSA) is 22.8 Å². The molecule has 0 aliphatic rings. The van der Waals surface area contributed by atoms with Crippen LogP contribution in [0.3, 0.4) is 0 Å². The number of rotatable bonds is 4. The highest BCUT2D eigenvalue weighted by atomic mass is 79.9. The Balaban J connectivity index is 1.83. The highest BCUT2D eigenvalue weighted by Crippen LogP contribution is 2.30. The van der Waals surface area contributed by atoms with E-state index in [0.29, 0.717) is 6.54 Å². The molecule has 0 spiro atoms. The number of hydrogen-bond donors (Lipinski definition) is 0. The summed E-state index contributed by atoms with van der Waals surface area (Å²) in [4.78, 5) is 4.14. The molecule has 3 nitrogen and oxygen atoms in total. The lowest BCUT2D eigenvalue weighted by Gasteiger charge is -2.09. The molecule has 0 bridgehead atoms. The SMILES string of the molecule is Cc1c(Cn2ccnc2)c2cc(Br)ccc2n1Cc1ccc(F)cc1. The van der Waals surface area contributed by atoms with Crippen molar-refractivity contribution in [3.63, 3.8) is 0 Å². The minimum absolute atomic E-state index is 0.206. The van der Waals surface area contributed by atoms with Crippen LogP contribution in [-0.4, -0.2) is 14.1 Å². The van der Waals surface area contributed by atoms with Gasteiger partial charge >= 0.3 is 0 Å². The smallest absolute Gasteiger partial charge is 0.123 e. The molecule has 0 unspecified atom stereocenters. The van der Waals surface area contributed by atoms with Crippen LogP contribution in [0.4, 0.5) is 4.39 Å². The van der Waals surface area contributed by atoms with E-state index in [2.05, 4.69) is 55.2 Å². The normalized spacial score (nSPS) is 11.3. The van der Waals surface area contributed by atoms with Gasteiger partial charge in [0.25, 0.3) is 0 Å². The van der Waals surface area contributed by atoms with E-state index in [1.54, 1.807) is 6.20 Å². The molecule has 5 heteroatoms. The van der Waals surface area contributed by atoms with Crippen LogP contribution in [0.5, 0.6) is 0 Å². The molecule has 2 aromatic carbocycles. The van der Waals surface area contributed by atoms with Gasteiger partial charge in [0, 0.05) is 45.6 Å². The van der Waals surface area contributed by atoms with Crippen molar-refractivity contribution < 1.29 is 4.39 Å². The fourth-order valence-corrected chi connectivity index (χ4v) is 3.62. The van der Waals surface area contributed by atoms with E-state index in [1.807, 2.05) is 24.7 Å². The molecule has 0 amide bonds. The number of hydrogen-bond acceptors (Lipinski definition) is 1. The molecule has 0 radical (unpaired) electrons. The number of fused-ring (bicyclic) bond motifs is 1. The Labute approximate surface area is 153 Å². The third kappa shape index (κ3) is 3.12. The van der Waals surface area contributed by atoms with Gasteiger partial charge in [0.15, 0.2) is 0 Å². The molecular weight excluding hydrogens is 381 g/mol. The van der Waals surface area contributed by atoms with Crippen LogP contribution in [0, 0.1) is 12.7 Å². The van der Waals surface area contributed by atoms with Crippen molar-refractivity contribution in [1.82, 2.24) is 14.1 Å². The van der Waals surface area contributed by atoms with Gasteiger partial charge in [-0.2, -0.15) is 0 Å². The van der Waals surface area contributed by atoms with E-state index in [9.17, 15) is 4.39 Å². The quantitative estimate of drug-likeness (QED) is 0.467. The van der Waals surface area contributed by atoms with Crippen LogP contribution in [0.15, 0.2) is 65.7 Å². The average Bonchev–Trinajstić information content (AvgIpc) is 3.20. The zero-order valence-electron chi connectivity index (χ0n) is 13.8. The zero-order chi connectivity index (χ0) is 17.4. The molecule has 25 heavy (non-hydrogen) atoms. The van der Waals surface area contributed by atoms with Crippen molar-refractivity contribution in [2.45, 2.75) is 20.0 Å². The Morgan fingerprint density at radius 1 is 1.08 bits per heavy atom. The second kappa shape index (κ2) is 6.48. The first kappa shape index (κ1) is 16.1. The molecule has 4 rings (SSSR count). The van der Waals surface area contributed by atoms with Gasteiger partial charge in [0.05, 0.1) is 12.9 Å². The van der Waals surface area contributed by atoms with Gasteiger partial charge in [-0.05, 0) is 42.8 Å². The summed E-state index contributed by atoms with van der Waals surface area (Å²) in [5.41, 5.74) is 4.75. The highest BCUT2D eigenvalue weighted by molar-refractivity contribution is 9.10. The molecule has 0 fully saturated rings. The molecule has 0 aliphatic heterocycles. The van der Waals surface area contributed by atoms with Gasteiger partial charge < -0.3 is 9.13 Å². The average molecular weight is 398 g/mol. The lowest BCUT2D eigenvalue weighted by molar-refractivity contribution is 0.626. The maximum absolute atomic E-state index is 13.2. The maximum Gasteiger partial charge on any atom is 0.123 e. The minimum atomic E-state index is -0.206. The number of benzene rings is 2. The minimum Gasteiger partial charge on any atom is -0.340 e. The first-order chi connectivity index (χ1) is 12.1. The summed E-state index contributed by atoms with van der Waals surface area (Å²) >= 11 is 3.58. The lowest BCUT2D eigenvalue weighted by Crippen LogP contribution is -2.04. The third-order valence-electron chi connectivity index (χ3n) is 4.57. The van der Waals surface area contributed by atoms with Crippen molar-refractivity contribution in [3.05, 3.63) is 88.3 Å². The number of nitrogens with zero attached hydrogens (tertiary/aromatic N) is 3. The summed E-state index contributed by atoms with van der Waals surface area (Å²) in [6.45, 7) is 3.63. The van der Waals surface area contributed by atoms with E-state index in [-0.39, 0.29) is 5.82 Å². The van der Waals surface area contributed by atoms with Gasteiger partial charge in [-0.1, -0.05) is 28.1 Å². The van der Waals surface area contributed by atoms with Crippen LogP contribution < -0.4 is 0 Å². The molecular formula is C20H17BrFN3. The summed E-state index contributed by atoms with van der Waals surface area (Å²) < 4.78 is 18.6. The Hall–Kier alpha value is -2.40. The van der Waals surface area contributed by atoms with Gasteiger partial charge in [-0.25, -0.2) is 9.37 Å². The summed E-state index contributed by atoms with van der Waals surface area (Å²) in [6.07, 6.45) is 5.60. The predicted molar refractivity (Wildman–Crippen MR) is 101 cm³/mol. The van der Waals surface area contributed by atoms with Crippen LogP contribution in [-0.2, 0) is 13.1 Å². The van der Waals surface area contributed by atoms with E-state index < -0.39 is 0 Å². The summed E-state index contributed by atoms with van der Waals surface area (Å²) in [5, 5.41) is 1.22. The van der Waals surface area contributed by atoms with Crippen molar-refractivity contribution in [3.8, 4) is 0 Å². The molecule has 0 N–H and O–H groups in total. The second-order valence-electron chi connectivity index (χ2n) is 6.17. The van der Waals surface area contributed by atoms with Crippen LogP contribution in [0.2, 0.25) is 0 Å².